The molecule has 0 atom stereocenters. The van der Waals surface area contributed by atoms with E-state index in [1.54, 1.807) is 13.8 Å². The van der Waals surface area contributed by atoms with E-state index in [1.807, 2.05) is 6.07 Å². The normalized spacial score (nSPS) is 13.5. The summed E-state index contributed by atoms with van der Waals surface area (Å²) in [6.07, 6.45) is 0. The summed E-state index contributed by atoms with van der Waals surface area (Å²) >= 11 is 1.20. The third kappa shape index (κ3) is 4.40. The number of Topliss-reactive ketones (excluding diaryl/α,β-unsaturated/α-hetero) is 1. The van der Waals surface area contributed by atoms with Gasteiger partial charge in [-0.1, -0.05) is 11.8 Å². The molecular weight excluding hydrogens is 356 g/mol. The fourth-order valence-corrected chi connectivity index (χ4v) is 3.33. The third-order valence-electron chi connectivity index (χ3n) is 3.61. The monoisotopic (exact) mass is 374 g/mol. The van der Waals surface area contributed by atoms with Crippen molar-refractivity contribution in [1.82, 2.24) is 15.6 Å². The van der Waals surface area contributed by atoms with E-state index in [-0.39, 0.29) is 30.3 Å². The predicted molar refractivity (Wildman–Crippen MR) is 94.6 cm³/mol. The second-order valence-corrected chi connectivity index (χ2v) is 6.38. The van der Waals surface area contributed by atoms with Gasteiger partial charge < -0.3 is 15.4 Å². The van der Waals surface area contributed by atoms with Crippen molar-refractivity contribution in [2.45, 2.75) is 25.8 Å². The number of carbonyl (C=O) groups excluding carboxylic acids is 3. The molecular formula is C17H18N4O4S. The highest BCUT2D eigenvalue weighted by atomic mass is 32.2. The number of esters is 1. The molecule has 1 aliphatic heterocycles. The Labute approximate surface area is 155 Å². The van der Waals surface area contributed by atoms with E-state index in [0.29, 0.717) is 27.6 Å². The van der Waals surface area contributed by atoms with Crippen LogP contribution in [0.25, 0.3) is 0 Å². The zero-order chi connectivity index (χ0) is 19.3. The first-order chi connectivity index (χ1) is 12.4. The maximum atomic E-state index is 12.0. The van der Waals surface area contributed by atoms with Crippen molar-refractivity contribution in [2.75, 3.05) is 18.9 Å². The summed E-state index contributed by atoms with van der Waals surface area (Å²) in [6, 6.07) is 3.12. The molecule has 0 spiro atoms. The minimum absolute atomic E-state index is 0.0708. The Bertz CT molecular complexity index is 842. The predicted octanol–water partition coefficient (Wildman–Crippen LogP) is 1.69. The van der Waals surface area contributed by atoms with Crippen molar-refractivity contribution in [3.05, 3.63) is 34.2 Å². The first kappa shape index (κ1) is 19.5. The Balaban J connectivity index is 2.29. The van der Waals surface area contributed by atoms with Gasteiger partial charge in [0.25, 0.3) is 0 Å². The van der Waals surface area contributed by atoms with Crippen LogP contribution in [0.4, 0.5) is 4.79 Å². The van der Waals surface area contributed by atoms with Crippen molar-refractivity contribution in [1.29, 1.82) is 5.26 Å². The lowest BCUT2D eigenvalue weighted by Crippen LogP contribution is -2.44. The van der Waals surface area contributed by atoms with E-state index in [0.717, 1.165) is 0 Å². The smallest absolute Gasteiger partial charge is 0.337 e. The maximum absolute atomic E-state index is 12.0. The number of hydrogen-bond donors (Lipinski definition) is 2. The molecule has 2 heterocycles. The van der Waals surface area contributed by atoms with E-state index in [9.17, 15) is 19.6 Å². The van der Waals surface area contributed by atoms with E-state index in [4.69, 9.17) is 4.74 Å². The number of ether oxygens (including phenoxy) is 1. The van der Waals surface area contributed by atoms with Gasteiger partial charge in [0.05, 0.1) is 24.3 Å². The molecule has 2 rings (SSSR count). The van der Waals surface area contributed by atoms with Crippen LogP contribution in [0.1, 0.15) is 35.5 Å². The van der Waals surface area contributed by atoms with Crippen LogP contribution in [0, 0.1) is 18.3 Å². The largest absolute Gasteiger partial charge is 0.463 e. The number of nitrogens with zero attached hydrogens (tertiary/aromatic N) is 2. The van der Waals surface area contributed by atoms with Crippen molar-refractivity contribution >= 4 is 29.5 Å². The summed E-state index contributed by atoms with van der Waals surface area (Å²) in [4.78, 5) is 39.5. The summed E-state index contributed by atoms with van der Waals surface area (Å²) in [5, 5.41) is 14.9. The number of carbonyl (C=O) groups is 3. The Morgan fingerprint density at radius 2 is 2.19 bits per heavy atom. The summed E-state index contributed by atoms with van der Waals surface area (Å²) < 4.78 is 5.00. The lowest BCUT2D eigenvalue weighted by molar-refractivity contribution is -0.138. The highest BCUT2D eigenvalue weighted by molar-refractivity contribution is 7.99. The number of pyridine rings is 1. The molecule has 2 N–H and O–H groups in total. The minimum atomic E-state index is -0.507. The molecule has 0 saturated carbocycles. The van der Waals surface area contributed by atoms with Gasteiger partial charge in [0.1, 0.15) is 11.1 Å². The van der Waals surface area contributed by atoms with Crippen molar-refractivity contribution in [2.24, 2.45) is 0 Å². The number of aromatic nitrogens is 1. The van der Waals surface area contributed by atoms with Crippen molar-refractivity contribution in [3.8, 4) is 6.07 Å². The first-order valence-corrected chi connectivity index (χ1v) is 8.85. The number of nitrogens with one attached hydrogen (secondary N) is 2. The van der Waals surface area contributed by atoms with Gasteiger partial charge in [-0.3, -0.25) is 4.79 Å². The molecule has 0 fully saturated rings. The molecule has 0 bridgehead atoms. The van der Waals surface area contributed by atoms with Gasteiger partial charge in [-0.05, 0) is 26.8 Å². The molecule has 8 nitrogen and oxygen atoms in total. The van der Waals surface area contributed by atoms with Gasteiger partial charge in [-0.15, -0.1) is 0 Å². The Morgan fingerprint density at radius 3 is 2.81 bits per heavy atom. The van der Waals surface area contributed by atoms with E-state index in [1.165, 1.54) is 24.8 Å². The van der Waals surface area contributed by atoms with Gasteiger partial charge in [0.15, 0.2) is 5.78 Å². The van der Waals surface area contributed by atoms with Gasteiger partial charge in [0, 0.05) is 22.7 Å². The van der Waals surface area contributed by atoms with Crippen LogP contribution < -0.4 is 10.6 Å². The summed E-state index contributed by atoms with van der Waals surface area (Å²) in [7, 11) is 0. The van der Waals surface area contributed by atoms with Gasteiger partial charge in [-0.25, -0.2) is 14.6 Å². The second kappa shape index (κ2) is 8.49. The lowest BCUT2D eigenvalue weighted by Gasteiger charge is -2.21. The van der Waals surface area contributed by atoms with Crippen molar-refractivity contribution in [3.63, 3.8) is 0 Å². The van der Waals surface area contributed by atoms with Crippen LogP contribution in [-0.4, -0.2) is 41.7 Å². The summed E-state index contributed by atoms with van der Waals surface area (Å²) in [5.41, 5.74) is 1.93. The molecule has 2 amide bonds. The fourth-order valence-electron chi connectivity index (χ4n) is 2.34. The van der Waals surface area contributed by atoms with E-state index in [2.05, 4.69) is 15.6 Å². The zero-order valence-corrected chi connectivity index (χ0v) is 15.5. The van der Waals surface area contributed by atoms with E-state index >= 15 is 0 Å². The van der Waals surface area contributed by atoms with Crippen molar-refractivity contribution < 1.29 is 19.1 Å². The van der Waals surface area contributed by atoms with E-state index < -0.39 is 12.0 Å². The zero-order valence-electron chi connectivity index (χ0n) is 14.6. The molecule has 1 aromatic heterocycles. The number of amides is 2. The van der Waals surface area contributed by atoms with Crippen LogP contribution in [0.15, 0.2) is 22.4 Å². The van der Waals surface area contributed by atoms with Crippen LogP contribution in [0.5, 0.6) is 0 Å². The highest BCUT2D eigenvalue weighted by Gasteiger charge is 2.24. The molecule has 1 aromatic rings. The topological polar surface area (TPSA) is 121 Å². The molecule has 0 unspecified atom stereocenters. The number of urea groups is 1. The van der Waals surface area contributed by atoms with Crippen LogP contribution in [-0.2, 0) is 9.53 Å². The van der Waals surface area contributed by atoms with Gasteiger partial charge in [-0.2, -0.15) is 5.26 Å². The fraction of sp³-hybridized carbons (Fsp3) is 0.353. The number of ketones is 1. The van der Waals surface area contributed by atoms with Gasteiger partial charge >= 0.3 is 12.0 Å². The van der Waals surface area contributed by atoms with Gasteiger partial charge in [0.2, 0.25) is 0 Å². The second-order valence-electron chi connectivity index (χ2n) is 5.42. The number of aryl methyl sites for hydroxylation is 1. The van der Waals surface area contributed by atoms with Crippen LogP contribution in [0.2, 0.25) is 0 Å². The Hall–Kier alpha value is -2.86. The average molecular weight is 374 g/mol. The lowest BCUT2D eigenvalue weighted by atomic mass is 10.1. The quantitative estimate of drug-likeness (QED) is 0.441. The van der Waals surface area contributed by atoms with Crippen LogP contribution in [0.3, 0.4) is 0 Å². The number of rotatable bonds is 6. The SMILES string of the molecule is CCOC(=O)C1=C(CSc2nc(C)c(C(C)=O)cc2C#N)NC(=O)NC1. The number of hydrogen-bond acceptors (Lipinski definition) is 7. The highest BCUT2D eigenvalue weighted by Crippen LogP contribution is 2.25. The molecule has 0 radical (unpaired) electrons. The minimum Gasteiger partial charge on any atom is -0.463 e. The molecule has 0 saturated heterocycles. The molecule has 9 heteroatoms. The molecule has 0 aliphatic carbocycles. The molecule has 1 aliphatic rings. The molecule has 26 heavy (non-hydrogen) atoms. The number of thioether (sulfide) groups is 1. The number of nitriles is 1. The van der Waals surface area contributed by atoms with Crippen LogP contribution >= 0.6 is 11.8 Å². The summed E-state index contributed by atoms with van der Waals surface area (Å²) in [5.74, 6) is -0.449. The average Bonchev–Trinajstić information content (AvgIpc) is 2.59. The Kier molecular flexibility index (Phi) is 6.36. The first-order valence-electron chi connectivity index (χ1n) is 7.86. The summed E-state index contributed by atoms with van der Waals surface area (Å²) in [6.45, 7) is 5.10. The Morgan fingerprint density at radius 1 is 1.46 bits per heavy atom. The molecule has 0 aromatic carbocycles. The maximum Gasteiger partial charge on any atom is 0.337 e. The third-order valence-corrected chi connectivity index (χ3v) is 4.62. The standard InChI is InChI=1S/C17H18N4O4S/c1-4-25-16(23)13-7-19-17(24)21-14(13)8-26-15-11(6-18)5-12(10(3)22)9(2)20-15/h5H,4,7-8H2,1-3H3,(H2,19,21,24). The molecule has 136 valence electrons.